The monoisotopic (exact) mass is 163 g/mol. The largest absolute Gasteiger partial charge is 0.330 e. The SMILES string of the molecule is Cc1n[nH]c(C)c1C#CCCN. The average molecular weight is 163 g/mol. The Hall–Kier alpha value is -1.27. The Morgan fingerprint density at radius 1 is 1.50 bits per heavy atom. The maximum atomic E-state index is 5.32. The van der Waals surface area contributed by atoms with Gasteiger partial charge < -0.3 is 5.73 Å². The molecule has 12 heavy (non-hydrogen) atoms. The van der Waals surface area contributed by atoms with Crippen LogP contribution >= 0.6 is 0 Å². The number of hydrogen-bond acceptors (Lipinski definition) is 2. The Bertz CT molecular complexity index is 295. The standard InChI is InChI=1S/C9H13N3/c1-7-9(5-3-4-6-10)8(2)12-11-7/h4,6,10H2,1-2H3,(H,11,12). The molecule has 1 aromatic rings. The van der Waals surface area contributed by atoms with E-state index in [1.165, 1.54) is 0 Å². The number of hydrogen-bond donors (Lipinski definition) is 2. The van der Waals surface area contributed by atoms with E-state index in [0.717, 1.165) is 23.4 Å². The summed E-state index contributed by atoms with van der Waals surface area (Å²) in [7, 11) is 0. The van der Waals surface area contributed by atoms with Crippen LogP contribution in [0.4, 0.5) is 0 Å². The van der Waals surface area contributed by atoms with Crippen LogP contribution in [0, 0.1) is 25.7 Å². The molecule has 0 atom stereocenters. The highest BCUT2D eigenvalue weighted by atomic mass is 15.1. The number of rotatable bonds is 1. The molecule has 0 aliphatic heterocycles. The molecule has 1 aromatic heterocycles. The minimum absolute atomic E-state index is 0.614. The molecule has 0 aromatic carbocycles. The van der Waals surface area contributed by atoms with E-state index in [1.54, 1.807) is 0 Å². The topological polar surface area (TPSA) is 54.7 Å². The van der Waals surface area contributed by atoms with Crippen LogP contribution in [0.25, 0.3) is 0 Å². The molecular weight excluding hydrogens is 150 g/mol. The molecule has 0 fully saturated rings. The lowest BCUT2D eigenvalue weighted by Gasteiger charge is -1.86. The zero-order valence-corrected chi connectivity index (χ0v) is 7.44. The van der Waals surface area contributed by atoms with Crippen molar-refractivity contribution < 1.29 is 0 Å². The molecule has 0 saturated carbocycles. The van der Waals surface area contributed by atoms with Crippen LogP contribution in [0.1, 0.15) is 23.4 Å². The molecule has 0 spiro atoms. The number of aryl methyl sites for hydroxylation is 2. The van der Waals surface area contributed by atoms with E-state index in [1.807, 2.05) is 13.8 Å². The minimum atomic E-state index is 0.614. The highest BCUT2D eigenvalue weighted by Crippen LogP contribution is 2.06. The van der Waals surface area contributed by atoms with Crippen LogP contribution in [0.3, 0.4) is 0 Å². The zero-order valence-electron chi connectivity index (χ0n) is 7.44. The average Bonchev–Trinajstić information content (AvgIpc) is 2.35. The zero-order chi connectivity index (χ0) is 8.97. The molecule has 1 heterocycles. The van der Waals surface area contributed by atoms with Gasteiger partial charge in [0.1, 0.15) is 0 Å². The van der Waals surface area contributed by atoms with Crippen molar-refractivity contribution in [1.82, 2.24) is 10.2 Å². The molecule has 1 rings (SSSR count). The van der Waals surface area contributed by atoms with Crippen molar-refractivity contribution in [2.24, 2.45) is 5.73 Å². The lowest BCUT2D eigenvalue weighted by Crippen LogP contribution is -1.95. The Labute approximate surface area is 72.4 Å². The van der Waals surface area contributed by atoms with Gasteiger partial charge in [-0.15, -0.1) is 0 Å². The van der Waals surface area contributed by atoms with Crippen LogP contribution in [-0.4, -0.2) is 16.7 Å². The number of nitrogens with two attached hydrogens (primary N) is 1. The quantitative estimate of drug-likeness (QED) is 0.599. The summed E-state index contributed by atoms with van der Waals surface area (Å²) in [5, 5.41) is 6.92. The summed E-state index contributed by atoms with van der Waals surface area (Å²) < 4.78 is 0. The second kappa shape index (κ2) is 3.93. The number of nitrogens with zero attached hydrogens (tertiary/aromatic N) is 1. The number of nitrogens with one attached hydrogen (secondary N) is 1. The van der Waals surface area contributed by atoms with Gasteiger partial charge >= 0.3 is 0 Å². The van der Waals surface area contributed by atoms with Gasteiger partial charge in [-0.25, -0.2) is 0 Å². The highest BCUT2D eigenvalue weighted by Gasteiger charge is 2.00. The van der Waals surface area contributed by atoms with Crippen molar-refractivity contribution in [3.8, 4) is 11.8 Å². The fraction of sp³-hybridized carbons (Fsp3) is 0.444. The number of H-pyrrole nitrogens is 1. The van der Waals surface area contributed by atoms with Crippen molar-refractivity contribution in [2.75, 3.05) is 6.54 Å². The van der Waals surface area contributed by atoms with E-state index in [2.05, 4.69) is 22.0 Å². The third-order valence-corrected chi connectivity index (χ3v) is 1.61. The summed E-state index contributed by atoms with van der Waals surface area (Å²) in [6.45, 7) is 4.52. The Kier molecular flexibility index (Phi) is 2.89. The first-order chi connectivity index (χ1) is 5.75. The van der Waals surface area contributed by atoms with E-state index in [9.17, 15) is 0 Å². The molecule has 3 N–H and O–H groups in total. The van der Waals surface area contributed by atoms with Crippen molar-refractivity contribution in [3.63, 3.8) is 0 Å². The molecule has 0 unspecified atom stereocenters. The van der Waals surface area contributed by atoms with Gasteiger partial charge in [-0.2, -0.15) is 5.10 Å². The number of aromatic nitrogens is 2. The molecule has 0 bridgehead atoms. The fourth-order valence-corrected chi connectivity index (χ4v) is 0.958. The van der Waals surface area contributed by atoms with Crippen LogP contribution in [0.5, 0.6) is 0 Å². The third-order valence-electron chi connectivity index (χ3n) is 1.61. The van der Waals surface area contributed by atoms with Crippen LogP contribution < -0.4 is 5.73 Å². The summed E-state index contributed by atoms with van der Waals surface area (Å²) in [6, 6.07) is 0. The van der Waals surface area contributed by atoms with Gasteiger partial charge in [-0.3, -0.25) is 5.10 Å². The second-order valence-electron chi connectivity index (χ2n) is 2.65. The fourth-order valence-electron chi connectivity index (χ4n) is 0.958. The summed E-state index contributed by atoms with van der Waals surface area (Å²) in [5.41, 5.74) is 8.30. The molecule has 0 amide bonds. The summed E-state index contributed by atoms with van der Waals surface area (Å²) >= 11 is 0. The van der Waals surface area contributed by atoms with Crippen LogP contribution in [0.2, 0.25) is 0 Å². The van der Waals surface area contributed by atoms with E-state index in [-0.39, 0.29) is 0 Å². The van der Waals surface area contributed by atoms with E-state index in [4.69, 9.17) is 5.73 Å². The summed E-state index contributed by atoms with van der Waals surface area (Å²) in [5.74, 6) is 6.02. The van der Waals surface area contributed by atoms with E-state index in [0.29, 0.717) is 6.54 Å². The van der Waals surface area contributed by atoms with Crippen LogP contribution in [-0.2, 0) is 0 Å². The predicted molar refractivity (Wildman–Crippen MR) is 48.6 cm³/mol. The maximum absolute atomic E-state index is 5.32. The van der Waals surface area contributed by atoms with Gasteiger partial charge in [0.2, 0.25) is 0 Å². The van der Waals surface area contributed by atoms with Gasteiger partial charge in [-0.1, -0.05) is 11.8 Å². The lowest BCUT2D eigenvalue weighted by atomic mass is 10.2. The van der Waals surface area contributed by atoms with Gasteiger partial charge in [-0.05, 0) is 13.8 Å². The minimum Gasteiger partial charge on any atom is -0.330 e. The first-order valence-electron chi connectivity index (χ1n) is 3.96. The van der Waals surface area contributed by atoms with Gasteiger partial charge in [0.05, 0.1) is 11.3 Å². The van der Waals surface area contributed by atoms with Crippen molar-refractivity contribution in [1.29, 1.82) is 0 Å². The molecule has 3 heteroatoms. The first kappa shape index (κ1) is 8.82. The van der Waals surface area contributed by atoms with E-state index < -0.39 is 0 Å². The summed E-state index contributed by atoms with van der Waals surface area (Å²) in [6.07, 6.45) is 0.740. The summed E-state index contributed by atoms with van der Waals surface area (Å²) in [4.78, 5) is 0. The molecular formula is C9H13N3. The smallest absolute Gasteiger partial charge is 0.0750 e. The van der Waals surface area contributed by atoms with Crippen molar-refractivity contribution >= 4 is 0 Å². The second-order valence-corrected chi connectivity index (χ2v) is 2.65. The Morgan fingerprint density at radius 3 is 2.75 bits per heavy atom. The molecule has 0 aliphatic carbocycles. The van der Waals surface area contributed by atoms with Gasteiger partial charge in [0.25, 0.3) is 0 Å². The van der Waals surface area contributed by atoms with Crippen LogP contribution in [0.15, 0.2) is 0 Å². The van der Waals surface area contributed by atoms with Crippen molar-refractivity contribution in [2.45, 2.75) is 20.3 Å². The Balaban J connectivity index is 2.82. The number of aromatic amines is 1. The Morgan fingerprint density at radius 2 is 2.25 bits per heavy atom. The first-order valence-corrected chi connectivity index (χ1v) is 3.96. The predicted octanol–water partition coefficient (Wildman–Crippen LogP) is 0.727. The van der Waals surface area contributed by atoms with E-state index >= 15 is 0 Å². The molecule has 0 aliphatic rings. The third kappa shape index (κ3) is 1.86. The van der Waals surface area contributed by atoms with Gasteiger partial charge in [0.15, 0.2) is 0 Å². The van der Waals surface area contributed by atoms with Crippen molar-refractivity contribution in [3.05, 3.63) is 17.0 Å². The highest BCUT2D eigenvalue weighted by molar-refractivity contribution is 5.40. The lowest BCUT2D eigenvalue weighted by molar-refractivity contribution is 1.02. The molecule has 64 valence electrons. The molecule has 0 radical (unpaired) electrons. The van der Waals surface area contributed by atoms with Gasteiger partial charge in [0, 0.05) is 18.7 Å². The molecule has 0 saturated heterocycles. The normalized spacial score (nSPS) is 9.25. The maximum Gasteiger partial charge on any atom is 0.0750 e. The molecule has 3 nitrogen and oxygen atoms in total.